The molecule has 0 heterocycles. The topological polar surface area (TPSA) is 63.3 Å². The van der Waals surface area contributed by atoms with E-state index in [4.69, 9.17) is 5.73 Å². The highest BCUT2D eigenvalue weighted by atomic mass is 32.2. The number of carbonyl (C=O) groups excluding carboxylic acids is 1. The summed E-state index contributed by atoms with van der Waals surface area (Å²) in [6, 6.07) is 11.1. The zero-order valence-electron chi connectivity index (χ0n) is 10.1. The van der Waals surface area contributed by atoms with Crippen LogP contribution in [-0.4, -0.2) is 16.3 Å². The molecule has 0 aromatic heterocycles. The molecule has 0 radical (unpaired) electrons. The number of hydrogen-bond acceptors (Lipinski definition) is 3. The van der Waals surface area contributed by atoms with E-state index in [-0.39, 0.29) is 16.9 Å². The number of amides is 1. The minimum Gasteiger partial charge on any atom is -0.507 e. The molecule has 0 saturated heterocycles. The number of nitrogens with two attached hydrogens (primary N) is 1. The summed E-state index contributed by atoms with van der Waals surface area (Å²) in [6.07, 6.45) is 0.690. The maximum atomic E-state index is 11.3. The van der Waals surface area contributed by atoms with Crippen molar-refractivity contribution in [2.75, 3.05) is 0 Å². The van der Waals surface area contributed by atoms with E-state index in [1.54, 1.807) is 6.07 Å². The molecule has 94 valence electrons. The van der Waals surface area contributed by atoms with E-state index in [9.17, 15) is 9.90 Å². The van der Waals surface area contributed by atoms with Crippen molar-refractivity contribution in [3.63, 3.8) is 0 Å². The molecular formula is C14H15NO2S. The number of hydrogen-bond donors (Lipinski definition) is 2. The highest BCUT2D eigenvalue weighted by Crippen LogP contribution is 2.35. The van der Waals surface area contributed by atoms with Gasteiger partial charge in [0.05, 0.1) is 5.25 Å². The third-order valence-corrected chi connectivity index (χ3v) is 4.28. The van der Waals surface area contributed by atoms with Crippen molar-refractivity contribution in [1.29, 1.82) is 0 Å². The Labute approximate surface area is 110 Å². The second-order valence-corrected chi connectivity index (χ2v) is 5.29. The third-order valence-electron chi connectivity index (χ3n) is 2.82. The van der Waals surface area contributed by atoms with Gasteiger partial charge in [0.15, 0.2) is 0 Å². The molecule has 2 rings (SSSR count). The standard InChI is InChI=1S/C14H15NO2S/c1-2-12(14(15)17)18-13-8-7-11(16)9-5-3-4-6-10(9)13/h3-8,12,16H,2H2,1H3,(H2,15,17). The van der Waals surface area contributed by atoms with Gasteiger partial charge < -0.3 is 10.8 Å². The number of aromatic hydroxyl groups is 1. The molecule has 1 amide bonds. The lowest BCUT2D eigenvalue weighted by Crippen LogP contribution is -2.24. The first-order valence-corrected chi connectivity index (χ1v) is 6.68. The van der Waals surface area contributed by atoms with Crippen molar-refractivity contribution in [2.24, 2.45) is 5.73 Å². The lowest BCUT2D eigenvalue weighted by Gasteiger charge is -2.13. The molecule has 0 aliphatic heterocycles. The van der Waals surface area contributed by atoms with Crippen LogP contribution in [-0.2, 0) is 4.79 Å². The molecule has 2 aromatic rings. The fraction of sp³-hybridized carbons (Fsp3) is 0.214. The molecule has 0 spiro atoms. The van der Waals surface area contributed by atoms with Crippen molar-refractivity contribution in [3.8, 4) is 5.75 Å². The molecule has 0 aliphatic rings. The van der Waals surface area contributed by atoms with E-state index in [0.717, 1.165) is 15.7 Å². The van der Waals surface area contributed by atoms with Gasteiger partial charge in [-0.2, -0.15) is 0 Å². The summed E-state index contributed by atoms with van der Waals surface area (Å²) in [5.41, 5.74) is 5.36. The van der Waals surface area contributed by atoms with Crippen LogP contribution in [0.2, 0.25) is 0 Å². The number of thioether (sulfide) groups is 1. The quantitative estimate of drug-likeness (QED) is 0.832. The predicted molar refractivity (Wildman–Crippen MR) is 74.7 cm³/mol. The molecule has 0 saturated carbocycles. The number of phenolic OH excluding ortho intramolecular Hbond substituents is 1. The third kappa shape index (κ3) is 2.43. The van der Waals surface area contributed by atoms with Crippen LogP contribution in [0.5, 0.6) is 5.75 Å². The van der Waals surface area contributed by atoms with Crippen LogP contribution < -0.4 is 5.73 Å². The van der Waals surface area contributed by atoms with Crippen molar-refractivity contribution in [2.45, 2.75) is 23.5 Å². The molecule has 3 N–H and O–H groups in total. The summed E-state index contributed by atoms with van der Waals surface area (Å²) in [5, 5.41) is 11.3. The first-order valence-electron chi connectivity index (χ1n) is 5.80. The first-order chi connectivity index (χ1) is 8.63. The molecule has 0 bridgehead atoms. The van der Waals surface area contributed by atoms with Crippen LogP contribution in [0.4, 0.5) is 0 Å². The fourth-order valence-corrected chi connectivity index (χ4v) is 2.90. The summed E-state index contributed by atoms with van der Waals surface area (Å²) in [5.74, 6) is -0.0540. The summed E-state index contributed by atoms with van der Waals surface area (Å²) >= 11 is 1.45. The van der Waals surface area contributed by atoms with Crippen LogP contribution in [0.3, 0.4) is 0 Å². The number of fused-ring (bicyclic) bond motifs is 1. The van der Waals surface area contributed by atoms with Crippen molar-refractivity contribution < 1.29 is 9.90 Å². The summed E-state index contributed by atoms with van der Waals surface area (Å²) in [6.45, 7) is 1.94. The minimum absolute atomic E-state index is 0.238. The van der Waals surface area contributed by atoms with E-state index in [1.165, 1.54) is 11.8 Å². The average molecular weight is 261 g/mol. The van der Waals surface area contributed by atoms with Crippen LogP contribution in [0, 0.1) is 0 Å². The summed E-state index contributed by atoms with van der Waals surface area (Å²) in [7, 11) is 0. The minimum atomic E-state index is -0.306. The molecule has 0 aliphatic carbocycles. The number of primary amides is 1. The lowest BCUT2D eigenvalue weighted by atomic mass is 10.1. The van der Waals surface area contributed by atoms with Gasteiger partial charge in [0, 0.05) is 10.3 Å². The smallest absolute Gasteiger partial charge is 0.230 e. The van der Waals surface area contributed by atoms with Gasteiger partial charge in [0.1, 0.15) is 5.75 Å². The van der Waals surface area contributed by atoms with E-state index in [2.05, 4.69) is 0 Å². The van der Waals surface area contributed by atoms with E-state index in [0.29, 0.717) is 6.42 Å². The molecule has 2 aromatic carbocycles. The average Bonchev–Trinajstić information content (AvgIpc) is 2.38. The van der Waals surface area contributed by atoms with Gasteiger partial charge in [-0.1, -0.05) is 31.2 Å². The van der Waals surface area contributed by atoms with E-state index < -0.39 is 0 Å². The lowest BCUT2D eigenvalue weighted by molar-refractivity contribution is -0.117. The van der Waals surface area contributed by atoms with Crippen molar-refractivity contribution >= 4 is 28.4 Å². The largest absolute Gasteiger partial charge is 0.507 e. The van der Waals surface area contributed by atoms with Gasteiger partial charge in [-0.3, -0.25) is 4.79 Å². The molecule has 1 unspecified atom stereocenters. The Morgan fingerprint density at radius 3 is 2.56 bits per heavy atom. The molecular weight excluding hydrogens is 246 g/mol. The number of rotatable bonds is 4. The second kappa shape index (κ2) is 5.31. The number of benzene rings is 2. The Morgan fingerprint density at radius 1 is 1.28 bits per heavy atom. The predicted octanol–water partition coefficient (Wildman–Crippen LogP) is 2.90. The van der Waals surface area contributed by atoms with E-state index >= 15 is 0 Å². The molecule has 0 fully saturated rings. The van der Waals surface area contributed by atoms with Crippen molar-refractivity contribution in [1.82, 2.24) is 0 Å². The Kier molecular flexibility index (Phi) is 3.77. The Morgan fingerprint density at radius 2 is 1.94 bits per heavy atom. The Bertz CT molecular complexity index is 583. The van der Waals surface area contributed by atoms with Gasteiger partial charge >= 0.3 is 0 Å². The maximum Gasteiger partial charge on any atom is 0.230 e. The summed E-state index contributed by atoms with van der Waals surface area (Å²) < 4.78 is 0. The number of phenols is 1. The normalized spacial score (nSPS) is 12.5. The van der Waals surface area contributed by atoms with Crippen LogP contribution in [0.25, 0.3) is 10.8 Å². The van der Waals surface area contributed by atoms with Crippen molar-refractivity contribution in [3.05, 3.63) is 36.4 Å². The van der Waals surface area contributed by atoms with Crippen LogP contribution in [0.15, 0.2) is 41.3 Å². The zero-order valence-corrected chi connectivity index (χ0v) is 10.9. The SMILES string of the molecule is CCC(Sc1ccc(O)c2ccccc12)C(N)=O. The molecule has 1 atom stereocenters. The van der Waals surface area contributed by atoms with Gasteiger partial charge in [-0.25, -0.2) is 0 Å². The monoisotopic (exact) mass is 261 g/mol. The zero-order chi connectivity index (χ0) is 13.1. The van der Waals surface area contributed by atoms with Gasteiger partial charge in [-0.15, -0.1) is 11.8 Å². The Balaban J connectivity index is 2.45. The fourth-order valence-electron chi connectivity index (χ4n) is 1.85. The highest BCUT2D eigenvalue weighted by molar-refractivity contribution is 8.00. The summed E-state index contributed by atoms with van der Waals surface area (Å²) in [4.78, 5) is 12.3. The first kappa shape index (κ1) is 12.8. The van der Waals surface area contributed by atoms with Crippen LogP contribution in [0.1, 0.15) is 13.3 Å². The Hall–Kier alpha value is -1.68. The molecule has 4 heteroatoms. The molecule has 3 nitrogen and oxygen atoms in total. The van der Waals surface area contributed by atoms with E-state index in [1.807, 2.05) is 37.3 Å². The molecule has 18 heavy (non-hydrogen) atoms. The van der Waals surface area contributed by atoms with Gasteiger partial charge in [0.25, 0.3) is 0 Å². The number of carbonyl (C=O) groups is 1. The highest BCUT2D eigenvalue weighted by Gasteiger charge is 2.16. The second-order valence-electron chi connectivity index (χ2n) is 4.05. The van der Waals surface area contributed by atoms with Crippen LogP contribution >= 0.6 is 11.8 Å². The van der Waals surface area contributed by atoms with Gasteiger partial charge in [0.2, 0.25) is 5.91 Å². The van der Waals surface area contributed by atoms with Gasteiger partial charge in [-0.05, 0) is 23.9 Å². The maximum absolute atomic E-state index is 11.3.